The Kier molecular flexibility index (Phi) is 5.54. The van der Waals surface area contributed by atoms with Gasteiger partial charge in [-0.05, 0) is 56.7 Å². The van der Waals surface area contributed by atoms with Gasteiger partial charge in [-0.2, -0.15) is 0 Å². The van der Waals surface area contributed by atoms with Crippen molar-refractivity contribution in [1.82, 2.24) is 0 Å². The molecule has 1 atom stereocenters. The zero-order chi connectivity index (χ0) is 12.0. The third kappa shape index (κ3) is 3.64. The minimum atomic E-state index is 0.703. The summed E-state index contributed by atoms with van der Waals surface area (Å²) >= 11 is 0. The van der Waals surface area contributed by atoms with Gasteiger partial charge in [0.15, 0.2) is 0 Å². The van der Waals surface area contributed by atoms with Crippen LogP contribution in [0.1, 0.15) is 55.2 Å². The molecule has 1 aromatic carbocycles. The molecule has 16 heavy (non-hydrogen) atoms. The molecule has 0 fully saturated rings. The Hall–Kier alpha value is -0.820. The smallest absolute Gasteiger partial charge is 0.00771 e. The van der Waals surface area contributed by atoms with Crippen LogP contribution in [0.15, 0.2) is 18.2 Å². The fourth-order valence-electron chi connectivity index (χ4n) is 2.45. The van der Waals surface area contributed by atoms with Crippen molar-refractivity contribution >= 4 is 0 Å². The fourth-order valence-corrected chi connectivity index (χ4v) is 2.45. The van der Waals surface area contributed by atoms with Crippen LogP contribution >= 0.6 is 0 Å². The minimum absolute atomic E-state index is 0.703. The van der Waals surface area contributed by atoms with E-state index in [2.05, 4.69) is 39.0 Å². The van der Waals surface area contributed by atoms with Crippen LogP contribution in [0.5, 0.6) is 0 Å². The van der Waals surface area contributed by atoms with Crippen molar-refractivity contribution in [2.24, 2.45) is 5.73 Å². The first kappa shape index (κ1) is 13.2. The summed E-state index contributed by atoms with van der Waals surface area (Å²) in [7, 11) is 0. The number of hydrogen-bond donors (Lipinski definition) is 1. The van der Waals surface area contributed by atoms with Gasteiger partial charge in [0.05, 0.1) is 0 Å². The largest absolute Gasteiger partial charge is 0.330 e. The Bertz CT molecular complexity index is 317. The van der Waals surface area contributed by atoms with Gasteiger partial charge in [0.1, 0.15) is 0 Å². The van der Waals surface area contributed by atoms with E-state index in [1.54, 1.807) is 0 Å². The van der Waals surface area contributed by atoms with Crippen LogP contribution in [0.2, 0.25) is 0 Å². The minimum Gasteiger partial charge on any atom is -0.330 e. The van der Waals surface area contributed by atoms with Gasteiger partial charge in [-0.1, -0.05) is 37.1 Å². The second-order valence-electron chi connectivity index (χ2n) is 4.78. The Balaban J connectivity index is 2.82. The van der Waals surface area contributed by atoms with Crippen LogP contribution in [-0.4, -0.2) is 6.54 Å². The number of hydrogen-bond acceptors (Lipinski definition) is 1. The van der Waals surface area contributed by atoms with Gasteiger partial charge in [-0.3, -0.25) is 0 Å². The SMILES string of the molecule is CCCC(CCCN)c1ccc(C)cc1C. The van der Waals surface area contributed by atoms with E-state index in [9.17, 15) is 0 Å². The second kappa shape index (κ2) is 6.70. The molecule has 90 valence electrons. The molecular weight excluding hydrogens is 194 g/mol. The summed E-state index contributed by atoms with van der Waals surface area (Å²) in [5.74, 6) is 0.703. The first-order chi connectivity index (χ1) is 7.69. The molecule has 0 amide bonds. The third-order valence-corrected chi connectivity index (χ3v) is 3.26. The van der Waals surface area contributed by atoms with Crippen molar-refractivity contribution in [3.63, 3.8) is 0 Å². The summed E-state index contributed by atoms with van der Waals surface area (Å²) in [6.45, 7) is 7.46. The maximum atomic E-state index is 5.61. The lowest BCUT2D eigenvalue weighted by Crippen LogP contribution is -2.06. The normalized spacial score (nSPS) is 12.8. The highest BCUT2D eigenvalue weighted by Crippen LogP contribution is 2.29. The maximum Gasteiger partial charge on any atom is -0.00771 e. The summed E-state index contributed by atoms with van der Waals surface area (Å²) in [6, 6.07) is 6.83. The molecule has 1 nitrogen and oxygen atoms in total. The highest BCUT2D eigenvalue weighted by Gasteiger charge is 2.12. The summed E-state index contributed by atoms with van der Waals surface area (Å²) in [6.07, 6.45) is 4.90. The first-order valence-corrected chi connectivity index (χ1v) is 6.46. The van der Waals surface area contributed by atoms with Crippen molar-refractivity contribution in [1.29, 1.82) is 0 Å². The standard InChI is InChI=1S/C15H25N/c1-4-6-14(7-5-10-16)15-9-8-12(2)11-13(15)3/h8-9,11,14H,4-7,10,16H2,1-3H3. The molecule has 2 N–H and O–H groups in total. The molecule has 0 saturated heterocycles. The molecule has 0 spiro atoms. The van der Waals surface area contributed by atoms with E-state index >= 15 is 0 Å². The molecule has 0 aliphatic rings. The van der Waals surface area contributed by atoms with Crippen LogP contribution in [0.25, 0.3) is 0 Å². The Morgan fingerprint density at radius 3 is 2.50 bits per heavy atom. The lowest BCUT2D eigenvalue weighted by atomic mass is 9.87. The molecule has 0 radical (unpaired) electrons. The zero-order valence-electron chi connectivity index (χ0n) is 10.9. The Labute approximate surface area is 100 Å². The topological polar surface area (TPSA) is 26.0 Å². The van der Waals surface area contributed by atoms with Crippen LogP contribution in [0, 0.1) is 13.8 Å². The zero-order valence-corrected chi connectivity index (χ0v) is 10.9. The molecule has 0 aliphatic carbocycles. The molecule has 0 heterocycles. The van der Waals surface area contributed by atoms with Crippen molar-refractivity contribution in [3.8, 4) is 0 Å². The van der Waals surface area contributed by atoms with Gasteiger partial charge in [0, 0.05) is 0 Å². The van der Waals surface area contributed by atoms with Gasteiger partial charge >= 0.3 is 0 Å². The van der Waals surface area contributed by atoms with Crippen LogP contribution in [-0.2, 0) is 0 Å². The molecular formula is C15H25N. The molecule has 1 aromatic rings. The molecule has 1 unspecified atom stereocenters. The van der Waals surface area contributed by atoms with Gasteiger partial charge < -0.3 is 5.73 Å². The van der Waals surface area contributed by atoms with Crippen LogP contribution < -0.4 is 5.73 Å². The lowest BCUT2D eigenvalue weighted by Gasteiger charge is -2.19. The van der Waals surface area contributed by atoms with E-state index in [-0.39, 0.29) is 0 Å². The van der Waals surface area contributed by atoms with Crippen LogP contribution in [0.4, 0.5) is 0 Å². The molecule has 1 heteroatoms. The average molecular weight is 219 g/mol. The summed E-state index contributed by atoms with van der Waals surface area (Å²) in [4.78, 5) is 0. The predicted molar refractivity (Wildman–Crippen MR) is 71.9 cm³/mol. The van der Waals surface area contributed by atoms with E-state index in [1.165, 1.54) is 36.0 Å². The lowest BCUT2D eigenvalue weighted by molar-refractivity contribution is 0.547. The van der Waals surface area contributed by atoms with E-state index in [0.717, 1.165) is 13.0 Å². The molecule has 0 bridgehead atoms. The Morgan fingerprint density at radius 2 is 1.94 bits per heavy atom. The highest BCUT2D eigenvalue weighted by molar-refractivity contribution is 5.33. The average Bonchev–Trinajstić information content (AvgIpc) is 2.25. The van der Waals surface area contributed by atoms with E-state index in [1.807, 2.05) is 0 Å². The molecule has 1 rings (SSSR count). The van der Waals surface area contributed by atoms with Crippen LogP contribution in [0.3, 0.4) is 0 Å². The monoisotopic (exact) mass is 219 g/mol. The maximum absolute atomic E-state index is 5.61. The molecule has 0 aromatic heterocycles. The van der Waals surface area contributed by atoms with Gasteiger partial charge in [-0.15, -0.1) is 0 Å². The van der Waals surface area contributed by atoms with E-state index < -0.39 is 0 Å². The molecule has 0 saturated carbocycles. The van der Waals surface area contributed by atoms with Gasteiger partial charge in [-0.25, -0.2) is 0 Å². The van der Waals surface area contributed by atoms with Crippen molar-refractivity contribution < 1.29 is 0 Å². The number of aryl methyl sites for hydroxylation is 2. The molecule has 0 aliphatic heterocycles. The van der Waals surface area contributed by atoms with Crippen molar-refractivity contribution in [2.45, 2.75) is 52.4 Å². The summed E-state index contributed by atoms with van der Waals surface area (Å²) < 4.78 is 0. The van der Waals surface area contributed by atoms with Gasteiger partial charge in [0.25, 0.3) is 0 Å². The highest BCUT2D eigenvalue weighted by atomic mass is 14.5. The fraction of sp³-hybridized carbons (Fsp3) is 0.600. The summed E-state index contributed by atoms with van der Waals surface area (Å²) in [5.41, 5.74) is 9.94. The summed E-state index contributed by atoms with van der Waals surface area (Å²) in [5, 5.41) is 0. The third-order valence-electron chi connectivity index (χ3n) is 3.26. The second-order valence-corrected chi connectivity index (χ2v) is 4.78. The number of rotatable bonds is 6. The predicted octanol–water partition coefficient (Wildman–Crippen LogP) is 3.93. The quantitative estimate of drug-likeness (QED) is 0.771. The number of benzene rings is 1. The first-order valence-electron chi connectivity index (χ1n) is 6.46. The van der Waals surface area contributed by atoms with Gasteiger partial charge in [0.2, 0.25) is 0 Å². The number of nitrogens with two attached hydrogens (primary N) is 1. The van der Waals surface area contributed by atoms with E-state index in [0.29, 0.717) is 5.92 Å². The van der Waals surface area contributed by atoms with Crippen molar-refractivity contribution in [3.05, 3.63) is 34.9 Å². The van der Waals surface area contributed by atoms with E-state index in [4.69, 9.17) is 5.73 Å². The Morgan fingerprint density at radius 1 is 1.19 bits per heavy atom. The van der Waals surface area contributed by atoms with Crippen molar-refractivity contribution in [2.75, 3.05) is 6.54 Å².